The summed E-state index contributed by atoms with van der Waals surface area (Å²) in [5.41, 5.74) is 2.01. The normalized spacial score (nSPS) is 15.0. The number of benzene rings is 2. The van der Waals surface area contributed by atoms with Crippen molar-refractivity contribution in [2.75, 3.05) is 37.4 Å². The first-order chi connectivity index (χ1) is 15.8. The van der Waals surface area contributed by atoms with E-state index in [1.807, 2.05) is 48.7 Å². The van der Waals surface area contributed by atoms with E-state index >= 15 is 0 Å². The molecule has 8 nitrogen and oxygen atoms in total. The molecule has 0 unspecified atom stereocenters. The van der Waals surface area contributed by atoms with E-state index in [1.54, 1.807) is 17.0 Å². The fourth-order valence-corrected chi connectivity index (χ4v) is 4.47. The molecule has 1 N–H and O–H groups in total. The average Bonchev–Trinajstić information content (AvgIpc) is 3.29. The highest BCUT2D eigenvalue weighted by Gasteiger charge is 2.27. The van der Waals surface area contributed by atoms with Crippen LogP contribution >= 0.6 is 0 Å². The minimum atomic E-state index is -3.47. The van der Waals surface area contributed by atoms with Gasteiger partial charge in [0.05, 0.1) is 12.9 Å². The molecule has 0 radical (unpaired) electrons. The van der Waals surface area contributed by atoms with E-state index in [4.69, 9.17) is 4.18 Å². The molecule has 0 bridgehead atoms. The third kappa shape index (κ3) is 5.80. The van der Waals surface area contributed by atoms with Crippen molar-refractivity contribution in [2.45, 2.75) is 12.8 Å². The van der Waals surface area contributed by atoms with E-state index in [0.717, 1.165) is 17.2 Å². The summed E-state index contributed by atoms with van der Waals surface area (Å²) in [7, 11) is -3.47. The number of hydrogen-bond acceptors (Lipinski definition) is 5. The van der Waals surface area contributed by atoms with Crippen LogP contribution in [0.15, 0.2) is 60.8 Å². The van der Waals surface area contributed by atoms with Crippen molar-refractivity contribution in [3.8, 4) is 0 Å². The van der Waals surface area contributed by atoms with Gasteiger partial charge in [-0.1, -0.05) is 24.3 Å². The van der Waals surface area contributed by atoms with Crippen LogP contribution in [0.1, 0.15) is 23.2 Å². The van der Waals surface area contributed by atoms with Gasteiger partial charge in [0.15, 0.2) is 0 Å². The first kappa shape index (κ1) is 23.0. The van der Waals surface area contributed by atoms with Gasteiger partial charge in [-0.25, -0.2) is 0 Å². The van der Waals surface area contributed by atoms with E-state index in [0.29, 0.717) is 37.2 Å². The second-order valence-corrected chi connectivity index (χ2v) is 9.96. The zero-order valence-electron chi connectivity index (χ0n) is 18.4. The van der Waals surface area contributed by atoms with E-state index in [1.165, 1.54) is 4.90 Å². The van der Waals surface area contributed by atoms with Gasteiger partial charge in [0.2, 0.25) is 5.91 Å². The Hall–Kier alpha value is -3.17. The van der Waals surface area contributed by atoms with Gasteiger partial charge in [-0.3, -0.25) is 18.7 Å². The summed E-state index contributed by atoms with van der Waals surface area (Å²) in [5.74, 6) is -0.304. The van der Waals surface area contributed by atoms with Gasteiger partial charge >= 0.3 is 0 Å². The Labute approximate surface area is 193 Å². The molecule has 2 aromatic carbocycles. The van der Waals surface area contributed by atoms with E-state index in [2.05, 4.69) is 4.98 Å². The highest BCUT2D eigenvalue weighted by molar-refractivity contribution is 7.85. The summed E-state index contributed by atoms with van der Waals surface area (Å²) in [6, 6.07) is 16.5. The number of hydrogen-bond donors (Lipinski definition) is 1. The molecule has 0 saturated carbocycles. The van der Waals surface area contributed by atoms with Crippen molar-refractivity contribution < 1.29 is 22.2 Å². The molecule has 33 heavy (non-hydrogen) atoms. The Kier molecular flexibility index (Phi) is 6.80. The number of anilines is 1. The summed E-state index contributed by atoms with van der Waals surface area (Å²) in [4.78, 5) is 32.9. The monoisotopic (exact) mass is 469 g/mol. The zero-order chi connectivity index (χ0) is 23.4. The van der Waals surface area contributed by atoms with E-state index in [9.17, 15) is 18.0 Å². The molecule has 1 fully saturated rings. The SMILES string of the molecule is CS(=O)(=O)OCC1CCN(C(=O)CN(C(=O)c2ccc3cc[nH]c3c2)c2ccccc2)CC1. The number of carbonyl (C=O) groups is 2. The molecule has 1 saturated heterocycles. The Morgan fingerprint density at radius 1 is 1.09 bits per heavy atom. The fourth-order valence-electron chi connectivity index (χ4n) is 4.03. The number of H-pyrrole nitrogens is 1. The van der Waals surface area contributed by atoms with Crippen LogP contribution in [0.25, 0.3) is 10.9 Å². The number of carbonyl (C=O) groups excluding carboxylic acids is 2. The third-order valence-electron chi connectivity index (χ3n) is 5.89. The number of fused-ring (bicyclic) bond motifs is 1. The van der Waals surface area contributed by atoms with Gasteiger partial charge < -0.3 is 9.88 Å². The molecule has 0 aliphatic carbocycles. The molecule has 2 amide bonds. The number of aromatic amines is 1. The summed E-state index contributed by atoms with van der Waals surface area (Å²) in [6.07, 6.45) is 4.17. The van der Waals surface area contributed by atoms with Gasteiger partial charge in [0.1, 0.15) is 6.54 Å². The van der Waals surface area contributed by atoms with Crippen LogP contribution in [0.5, 0.6) is 0 Å². The van der Waals surface area contributed by atoms with Gasteiger partial charge in [-0.05, 0) is 54.5 Å². The molecule has 1 aliphatic rings. The predicted molar refractivity (Wildman–Crippen MR) is 127 cm³/mol. The summed E-state index contributed by atoms with van der Waals surface area (Å²) in [6.45, 7) is 1.07. The quantitative estimate of drug-likeness (QED) is 0.536. The second-order valence-electron chi connectivity index (χ2n) is 8.32. The van der Waals surface area contributed by atoms with Crippen LogP contribution in [0.2, 0.25) is 0 Å². The van der Waals surface area contributed by atoms with E-state index in [-0.39, 0.29) is 30.9 Å². The molecule has 1 aromatic heterocycles. The van der Waals surface area contributed by atoms with Crippen molar-refractivity contribution in [3.05, 3.63) is 66.4 Å². The fraction of sp³-hybridized carbons (Fsp3) is 0.333. The maximum Gasteiger partial charge on any atom is 0.264 e. The lowest BCUT2D eigenvalue weighted by Crippen LogP contribution is -2.46. The van der Waals surface area contributed by atoms with Gasteiger partial charge in [0, 0.05) is 36.1 Å². The molecule has 0 spiro atoms. The number of aromatic nitrogens is 1. The molecule has 3 aromatic rings. The lowest BCUT2D eigenvalue weighted by atomic mass is 9.98. The Morgan fingerprint density at radius 3 is 2.52 bits per heavy atom. The smallest absolute Gasteiger partial charge is 0.264 e. The third-order valence-corrected chi connectivity index (χ3v) is 6.46. The van der Waals surface area contributed by atoms with Crippen molar-refractivity contribution >= 4 is 38.5 Å². The summed E-state index contributed by atoms with van der Waals surface area (Å²) < 4.78 is 27.3. The average molecular weight is 470 g/mol. The Morgan fingerprint density at radius 2 is 1.82 bits per heavy atom. The molecular weight excluding hydrogens is 442 g/mol. The van der Waals surface area contributed by atoms with Crippen molar-refractivity contribution in [2.24, 2.45) is 5.92 Å². The molecular formula is C24H27N3O5S. The highest BCUT2D eigenvalue weighted by Crippen LogP contribution is 2.22. The minimum absolute atomic E-state index is 0.0733. The van der Waals surface area contributed by atoms with Crippen LogP contribution in [0.4, 0.5) is 5.69 Å². The molecule has 0 atom stereocenters. The number of nitrogens with zero attached hydrogens (tertiary/aromatic N) is 2. The molecule has 174 valence electrons. The number of piperidine rings is 1. The molecule has 2 heterocycles. The maximum atomic E-state index is 13.4. The largest absolute Gasteiger partial charge is 0.361 e. The minimum Gasteiger partial charge on any atom is -0.361 e. The standard InChI is InChI=1S/C24H27N3O5S/c1-33(30,31)32-17-18-10-13-26(14-11-18)23(28)16-27(21-5-3-2-4-6-21)24(29)20-8-7-19-9-12-25-22(19)15-20/h2-9,12,15,18,25H,10-11,13-14,16-17H2,1H3. The second kappa shape index (κ2) is 9.76. The Balaban J connectivity index is 1.46. The van der Waals surface area contributed by atoms with Gasteiger partial charge in [0.25, 0.3) is 16.0 Å². The number of likely N-dealkylation sites (tertiary alicyclic amines) is 1. The Bertz CT molecular complexity index is 1230. The lowest BCUT2D eigenvalue weighted by Gasteiger charge is -2.33. The topological polar surface area (TPSA) is 99.8 Å². The number of nitrogens with one attached hydrogen (secondary N) is 1. The molecule has 1 aliphatic heterocycles. The van der Waals surface area contributed by atoms with Crippen molar-refractivity contribution in [1.82, 2.24) is 9.88 Å². The van der Waals surface area contributed by atoms with Crippen LogP contribution in [-0.2, 0) is 19.1 Å². The number of rotatable bonds is 7. The molecule has 9 heteroatoms. The van der Waals surface area contributed by atoms with Crippen LogP contribution in [-0.4, -0.2) is 62.6 Å². The van der Waals surface area contributed by atoms with Crippen LogP contribution in [0.3, 0.4) is 0 Å². The summed E-state index contributed by atoms with van der Waals surface area (Å²) in [5, 5.41) is 1.01. The number of para-hydroxylation sites is 1. The summed E-state index contributed by atoms with van der Waals surface area (Å²) >= 11 is 0. The van der Waals surface area contributed by atoms with E-state index < -0.39 is 10.1 Å². The predicted octanol–water partition coefficient (Wildman–Crippen LogP) is 3.03. The van der Waals surface area contributed by atoms with Crippen molar-refractivity contribution in [1.29, 1.82) is 0 Å². The van der Waals surface area contributed by atoms with Gasteiger partial charge in [-0.15, -0.1) is 0 Å². The highest BCUT2D eigenvalue weighted by atomic mass is 32.2. The maximum absolute atomic E-state index is 13.4. The van der Waals surface area contributed by atoms with Crippen LogP contribution < -0.4 is 4.90 Å². The number of amides is 2. The van der Waals surface area contributed by atoms with Crippen molar-refractivity contribution in [3.63, 3.8) is 0 Å². The van der Waals surface area contributed by atoms with Gasteiger partial charge in [-0.2, -0.15) is 8.42 Å². The van der Waals surface area contributed by atoms with Crippen LogP contribution in [0, 0.1) is 5.92 Å². The molecule has 4 rings (SSSR count). The zero-order valence-corrected chi connectivity index (χ0v) is 19.3. The first-order valence-electron chi connectivity index (χ1n) is 10.9. The lowest BCUT2D eigenvalue weighted by molar-refractivity contribution is -0.131. The first-order valence-corrected chi connectivity index (χ1v) is 12.7.